The van der Waals surface area contributed by atoms with Gasteiger partial charge in [0, 0.05) is 0 Å². The number of H-pyrrole nitrogens is 1. The van der Waals surface area contributed by atoms with Crippen molar-refractivity contribution in [1.29, 1.82) is 0 Å². The molecular weight excluding hydrogens is 226 g/mol. The Morgan fingerprint density at radius 1 is 1.55 bits per heavy atom. The van der Waals surface area contributed by atoms with Gasteiger partial charge in [0.2, 0.25) is 0 Å². The summed E-state index contributed by atoms with van der Waals surface area (Å²) in [6.07, 6.45) is 0. The molecule has 2 aromatic rings. The summed E-state index contributed by atoms with van der Waals surface area (Å²) in [6, 6.07) is 3.73. The van der Waals surface area contributed by atoms with E-state index in [1.165, 1.54) is 0 Å². The first-order valence-corrected chi connectivity index (χ1v) is 4.70. The molecule has 2 nitrogen and oxygen atoms in total. The minimum Gasteiger partial charge on any atom is -0.320 e. The number of nitrogens with one attached hydrogen (secondary N) is 1. The molecular formula is C7H4BrNOS. The van der Waals surface area contributed by atoms with Crippen LogP contribution in [-0.4, -0.2) is 4.98 Å². The van der Waals surface area contributed by atoms with Gasteiger partial charge in [-0.2, -0.15) is 0 Å². The van der Waals surface area contributed by atoms with Crippen LogP contribution >= 0.6 is 27.3 Å². The van der Waals surface area contributed by atoms with Crippen molar-refractivity contribution in [2.24, 2.45) is 0 Å². The molecule has 0 atom stereocenters. The quantitative estimate of drug-likeness (QED) is 0.740. The van der Waals surface area contributed by atoms with Crippen LogP contribution in [-0.2, 0) is 0 Å². The van der Waals surface area contributed by atoms with Crippen molar-refractivity contribution in [2.75, 3.05) is 0 Å². The average molecular weight is 230 g/mol. The van der Waals surface area contributed by atoms with Crippen LogP contribution in [0.15, 0.2) is 26.8 Å². The normalized spacial score (nSPS) is 10.6. The number of aromatic amines is 1. The van der Waals surface area contributed by atoms with Gasteiger partial charge in [0.25, 0.3) is 5.56 Å². The predicted octanol–water partition coefficient (Wildman–Crippen LogP) is 2.35. The molecule has 0 saturated heterocycles. The summed E-state index contributed by atoms with van der Waals surface area (Å²) >= 11 is 4.77. The Morgan fingerprint density at radius 3 is 3.18 bits per heavy atom. The molecule has 1 N–H and O–H groups in total. The fourth-order valence-electron chi connectivity index (χ4n) is 0.899. The lowest BCUT2D eigenvalue weighted by Gasteiger charge is -1.89. The zero-order valence-corrected chi connectivity index (χ0v) is 7.83. The molecule has 0 bridgehead atoms. The molecule has 11 heavy (non-hydrogen) atoms. The molecule has 56 valence electrons. The van der Waals surface area contributed by atoms with Crippen molar-refractivity contribution < 1.29 is 0 Å². The van der Waals surface area contributed by atoms with E-state index in [-0.39, 0.29) is 5.56 Å². The van der Waals surface area contributed by atoms with Gasteiger partial charge in [-0.05, 0) is 33.4 Å². The van der Waals surface area contributed by atoms with Crippen molar-refractivity contribution in [3.05, 3.63) is 32.3 Å². The molecule has 0 fully saturated rings. The van der Waals surface area contributed by atoms with Crippen LogP contribution in [0.3, 0.4) is 0 Å². The fraction of sp³-hybridized carbons (Fsp3) is 0. The molecule has 2 heterocycles. The van der Waals surface area contributed by atoms with Crippen LogP contribution in [0, 0.1) is 0 Å². The van der Waals surface area contributed by atoms with Gasteiger partial charge in [0.1, 0.15) is 0 Å². The molecule has 0 aliphatic carbocycles. The minimum atomic E-state index is -0.0732. The lowest BCUT2D eigenvalue weighted by Crippen LogP contribution is -2.04. The molecule has 0 aliphatic heterocycles. The SMILES string of the molecule is O=c1[nH]c2ccsc2cc1Br. The summed E-state index contributed by atoms with van der Waals surface area (Å²) in [4.78, 5) is 13.8. The Balaban J connectivity index is 2.97. The van der Waals surface area contributed by atoms with Crippen LogP contribution in [0.4, 0.5) is 0 Å². The molecule has 0 saturated carbocycles. The number of fused-ring (bicyclic) bond motifs is 1. The fourth-order valence-corrected chi connectivity index (χ4v) is 2.16. The first-order chi connectivity index (χ1) is 5.27. The molecule has 4 heteroatoms. The number of aromatic nitrogens is 1. The van der Waals surface area contributed by atoms with Crippen molar-refractivity contribution in [3.63, 3.8) is 0 Å². The van der Waals surface area contributed by atoms with Crippen molar-refractivity contribution in [2.45, 2.75) is 0 Å². The van der Waals surface area contributed by atoms with Crippen LogP contribution < -0.4 is 5.56 Å². The van der Waals surface area contributed by atoms with Gasteiger partial charge in [0.15, 0.2) is 0 Å². The highest BCUT2D eigenvalue weighted by atomic mass is 79.9. The van der Waals surface area contributed by atoms with Crippen molar-refractivity contribution in [3.8, 4) is 0 Å². The standard InChI is InChI=1S/C7H4BrNOS/c8-4-3-6-5(1-2-11-6)9-7(4)10/h1-3H,(H,9,10). The monoisotopic (exact) mass is 229 g/mol. The Labute approximate surface area is 75.0 Å². The summed E-state index contributed by atoms with van der Waals surface area (Å²) in [6.45, 7) is 0. The second-order valence-corrected chi connectivity index (χ2v) is 3.95. The Bertz CT molecular complexity index is 445. The molecule has 0 aromatic carbocycles. The minimum absolute atomic E-state index is 0.0732. The third kappa shape index (κ3) is 1.12. The first-order valence-electron chi connectivity index (χ1n) is 3.03. The summed E-state index contributed by atoms with van der Waals surface area (Å²) in [7, 11) is 0. The summed E-state index contributed by atoms with van der Waals surface area (Å²) in [5, 5.41) is 1.95. The topological polar surface area (TPSA) is 32.9 Å². The van der Waals surface area contributed by atoms with E-state index in [0.717, 1.165) is 10.2 Å². The maximum absolute atomic E-state index is 11.0. The molecule has 2 rings (SSSR count). The predicted molar refractivity (Wildman–Crippen MR) is 50.1 cm³/mol. The van der Waals surface area contributed by atoms with Gasteiger partial charge in [0.05, 0.1) is 14.7 Å². The molecule has 2 aromatic heterocycles. The van der Waals surface area contributed by atoms with E-state index in [0.29, 0.717) is 4.47 Å². The van der Waals surface area contributed by atoms with Gasteiger partial charge in [-0.3, -0.25) is 4.79 Å². The van der Waals surface area contributed by atoms with Gasteiger partial charge in [-0.1, -0.05) is 0 Å². The van der Waals surface area contributed by atoms with E-state index in [2.05, 4.69) is 20.9 Å². The number of pyridine rings is 1. The lowest BCUT2D eigenvalue weighted by molar-refractivity contribution is 1.29. The average Bonchev–Trinajstić information content (AvgIpc) is 2.36. The first kappa shape index (κ1) is 7.06. The van der Waals surface area contributed by atoms with Gasteiger partial charge < -0.3 is 4.98 Å². The molecule has 0 radical (unpaired) electrons. The highest BCUT2D eigenvalue weighted by molar-refractivity contribution is 9.10. The van der Waals surface area contributed by atoms with Gasteiger partial charge in [-0.15, -0.1) is 11.3 Å². The molecule has 0 unspecified atom stereocenters. The maximum Gasteiger partial charge on any atom is 0.262 e. The molecule has 0 aliphatic rings. The summed E-state index contributed by atoms with van der Waals surface area (Å²) < 4.78 is 1.68. The number of hydrogen-bond donors (Lipinski definition) is 1. The smallest absolute Gasteiger partial charge is 0.262 e. The number of rotatable bonds is 0. The zero-order chi connectivity index (χ0) is 7.84. The Morgan fingerprint density at radius 2 is 2.36 bits per heavy atom. The maximum atomic E-state index is 11.0. The van der Waals surface area contributed by atoms with E-state index in [1.54, 1.807) is 11.3 Å². The number of thiophene rings is 1. The van der Waals surface area contributed by atoms with Crippen LogP contribution in [0.25, 0.3) is 10.2 Å². The lowest BCUT2D eigenvalue weighted by atomic mass is 10.4. The van der Waals surface area contributed by atoms with Crippen molar-refractivity contribution >= 4 is 37.5 Å². The highest BCUT2D eigenvalue weighted by Crippen LogP contribution is 2.19. The summed E-state index contributed by atoms with van der Waals surface area (Å²) in [5.41, 5.74) is 0.833. The summed E-state index contributed by atoms with van der Waals surface area (Å²) in [5.74, 6) is 0. The van der Waals surface area contributed by atoms with E-state index >= 15 is 0 Å². The third-order valence-corrected chi connectivity index (χ3v) is 2.87. The van der Waals surface area contributed by atoms with Gasteiger partial charge in [-0.25, -0.2) is 0 Å². The molecule has 0 spiro atoms. The van der Waals surface area contributed by atoms with Crippen LogP contribution in [0.5, 0.6) is 0 Å². The van der Waals surface area contributed by atoms with Crippen molar-refractivity contribution in [1.82, 2.24) is 4.98 Å². The van der Waals surface area contributed by atoms with E-state index in [4.69, 9.17) is 0 Å². The van der Waals surface area contributed by atoms with E-state index in [1.807, 2.05) is 17.5 Å². The highest BCUT2D eigenvalue weighted by Gasteiger charge is 1.98. The second-order valence-electron chi connectivity index (χ2n) is 2.14. The van der Waals surface area contributed by atoms with Crippen LogP contribution in [0.2, 0.25) is 0 Å². The largest absolute Gasteiger partial charge is 0.320 e. The number of hydrogen-bond acceptors (Lipinski definition) is 2. The zero-order valence-electron chi connectivity index (χ0n) is 5.43. The third-order valence-electron chi connectivity index (χ3n) is 1.42. The van der Waals surface area contributed by atoms with Gasteiger partial charge >= 0.3 is 0 Å². The molecule has 0 amide bonds. The Hall–Kier alpha value is -0.610. The second kappa shape index (κ2) is 2.46. The van der Waals surface area contributed by atoms with Crippen LogP contribution in [0.1, 0.15) is 0 Å². The van der Waals surface area contributed by atoms with E-state index < -0.39 is 0 Å². The van der Waals surface area contributed by atoms with E-state index in [9.17, 15) is 4.79 Å². The number of halogens is 1. The Kier molecular flexibility index (Phi) is 1.58.